The zero-order chi connectivity index (χ0) is 23.3. The molecule has 0 aliphatic heterocycles. The molecule has 168 valence electrons. The summed E-state index contributed by atoms with van der Waals surface area (Å²) in [5.41, 5.74) is 0.992. The minimum Gasteiger partial charge on any atom is -0.494 e. The van der Waals surface area contributed by atoms with Gasteiger partial charge in [-0.15, -0.1) is 0 Å². The summed E-state index contributed by atoms with van der Waals surface area (Å²) >= 11 is 0. The Morgan fingerprint density at radius 1 is 0.969 bits per heavy atom. The maximum atomic E-state index is 13.4. The van der Waals surface area contributed by atoms with Gasteiger partial charge in [0.1, 0.15) is 5.75 Å². The number of ether oxygens (including phenoxy) is 1. The van der Waals surface area contributed by atoms with Crippen LogP contribution < -0.4 is 14.8 Å². The number of benzene rings is 3. The van der Waals surface area contributed by atoms with Gasteiger partial charge in [-0.05, 0) is 80.1 Å². The Hall–Kier alpha value is -3.46. The molecule has 0 saturated heterocycles. The largest absolute Gasteiger partial charge is 0.494 e. The van der Waals surface area contributed by atoms with Crippen molar-refractivity contribution in [1.82, 2.24) is 5.32 Å². The third-order valence-electron chi connectivity index (χ3n) is 4.64. The topological polar surface area (TPSA) is 84.5 Å². The van der Waals surface area contributed by atoms with Crippen LogP contribution in [0.15, 0.2) is 71.6 Å². The number of hydrogen-bond acceptors (Lipinski definition) is 4. The molecule has 0 heterocycles. The molecule has 3 aromatic carbocycles. The van der Waals surface area contributed by atoms with Crippen LogP contribution in [-0.4, -0.2) is 20.9 Å². The summed E-state index contributed by atoms with van der Waals surface area (Å²) in [5, 5.41) is 2.67. The third-order valence-corrected chi connectivity index (χ3v) is 6.03. The van der Waals surface area contributed by atoms with E-state index in [1.54, 1.807) is 31.2 Å². The molecule has 3 rings (SSSR count). The normalized spacial score (nSPS) is 12.1. The molecule has 1 atom stereocenters. The maximum absolute atomic E-state index is 13.4. The Bertz CT molecular complexity index is 1200. The molecule has 1 unspecified atom stereocenters. The van der Waals surface area contributed by atoms with Crippen LogP contribution in [0.1, 0.15) is 35.8 Å². The quantitative estimate of drug-likeness (QED) is 0.512. The molecule has 0 fully saturated rings. The molecule has 1 amide bonds. The number of halogens is 2. The standard InChI is InChI=1S/C23H22F2N2O4S/c1-3-31-19-9-7-18(8-10-19)27-32(29,30)20-11-4-16(5-12-20)23(28)26-15(2)17-6-13-21(24)22(25)14-17/h4-15,27H,3H2,1-2H3,(H,26,28). The highest BCUT2D eigenvalue weighted by atomic mass is 32.2. The second-order valence-corrected chi connectivity index (χ2v) is 8.64. The first-order chi connectivity index (χ1) is 15.2. The summed E-state index contributed by atoms with van der Waals surface area (Å²) < 4.78 is 59.5. The highest BCUT2D eigenvalue weighted by molar-refractivity contribution is 7.92. The van der Waals surface area contributed by atoms with E-state index in [0.29, 0.717) is 23.6 Å². The average Bonchev–Trinajstić information content (AvgIpc) is 2.77. The minimum absolute atomic E-state index is 0.0170. The van der Waals surface area contributed by atoms with Crippen molar-refractivity contribution < 1.29 is 26.7 Å². The number of carbonyl (C=O) groups is 1. The number of nitrogens with one attached hydrogen (secondary N) is 2. The van der Waals surface area contributed by atoms with E-state index in [9.17, 15) is 22.0 Å². The summed E-state index contributed by atoms with van der Waals surface area (Å²) in [7, 11) is -3.86. The lowest BCUT2D eigenvalue weighted by atomic mass is 10.1. The molecule has 0 saturated carbocycles. The van der Waals surface area contributed by atoms with Gasteiger partial charge in [-0.2, -0.15) is 0 Å². The maximum Gasteiger partial charge on any atom is 0.261 e. The fourth-order valence-corrected chi connectivity index (χ4v) is 3.99. The van der Waals surface area contributed by atoms with Crippen molar-refractivity contribution >= 4 is 21.6 Å². The molecule has 0 aliphatic rings. The predicted octanol–water partition coefficient (Wildman–Crippen LogP) is 4.66. The molecule has 6 nitrogen and oxygen atoms in total. The first kappa shape index (κ1) is 23.2. The van der Waals surface area contributed by atoms with Crippen LogP contribution >= 0.6 is 0 Å². The van der Waals surface area contributed by atoms with Crippen molar-refractivity contribution in [1.29, 1.82) is 0 Å². The Kier molecular flexibility index (Phi) is 7.09. The summed E-state index contributed by atoms with van der Waals surface area (Å²) in [5.74, 6) is -1.82. The zero-order valence-corrected chi connectivity index (χ0v) is 18.2. The molecule has 2 N–H and O–H groups in total. The highest BCUT2D eigenvalue weighted by Crippen LogP contribution is 2.21. The predicted molar refractivity (Wildman–Crippen MR) is 117 cm³/mol. The third kappa shape index (κ3) is 5.61. The number of carbonyl (C=O) groups excluding carboxylic acids is 1. The van der Waals surface area contributed by atoms with Gasteiger partial charge >= 0.3 is 0 Å². The Morgan fingerprint density at radius 3 is 2.22 bits per heavy atom. The van der Waals surface area contributed by atoms with Crippen LogP contribution in [0.4, 0.5) is 14.5 Å². The van der Waals surface area contributed by atoms with Crippen LogP contribution in [0.25, 0.3) is 0 Å². The fraction of sp³-hybridized carbons (Fsp3) is 0.174. The lowest BCUT2D eigenvalue weighted by Crippen LogP contribution is -2.26. The van der Waals surface area contributed by atoms with Gasteiger partial charge in [-0.1, -0.05) is 6.07 Å². The molecule has 0 aromatic heterocycles. The van der Waals surface area contributed by atoms with E-state index >= 15 is 0 Å². The van der Waals surface area contributed by atoms with Crippen LogP contribution in [0.5, 0.6) is 5.75 Å². The van der Waals surface area contributed by atoms with Gasteiger partial charge in [-0.25, -0.2) is 17.2 Å². The lowest BCUT2D eigenvalue weighted by molar-refractivity contribution is 0.0939. The number of anilines is 1. The van der Waals surface area contributed by atoms with Crippen LogP contribution in [0, 0.1) is 11.6 Å². The van der Waals surface area contributed by atoms with Gasteiger partial charge in [0.15, 0.2) is 11.6 Å². The van der Waals surface area contributed by atoms with Crippen LogP contribution in [0.2, 0.25) is 0 Å². The number of amides is 1. The Morgan fingerprint density at radius 2 is 1.62 bits per heavy atom. The molecule has 0 aliphatic carbocycles. The summed E-state index contributed by atoms with van der Waals surface area (Å²) in [6.07, 6.45) is 0. The van der Waals surface area contributed by atoms with Gasteiger partial charge < -0.3 is 10.1 Å². The van der Waals surface area contributed by atoms with Gasteiger partial charge in [0.2, 0.25) is 0 Å². The van der Waals surface area contributed by atoms with E-state index in [2.05, 4.69) is 10.0 Å². The van der Waals surface area contributed by atoms with Crippen molar-refractivity contribution in [3.05, 3.63) is 89.5 Å². The fourth-order valence-electron chi connectivity index (χ4n) is 2.93. The first-order valence-corrected chi connectivity index (χ1v) is 11.3. The van der Waals surface area contributed by atoms with E-state index in [0.717, 1.165) is 12.1 Å². The second kappa shape index (κ2) is 9.78. The van der Waals surface area contributed by atoms with Crippen LogP contribution in [-0.2, 0) is 10.0 Å². The summed E-state index contributed by atoms with van der Waals surface area (Å²) in [6, 6.07) is 14.7. The Balaban J connectivity index is 1.67. The minimum atomic E-state index is -3.86. The van der Waals surface area contributed by atoms with E-state index in [-0.39, 0.29) is 10.5 Å². The number of rotatable bonds is 8. The van der Waals surface area contributed by atoms with E-state index in [4.69, 9.17) is 4.74 Å². The first-order valence-electron chi connectivity index (χ1n) is 9.81. The second-order valence-electron chi connectivity index (χ2n) is 6.96. The van der Waals surface area contributed by atoms with Gasteiger partial charge in [-0.3, -0.25) is 9.52 Å². The van der Waals surface area contributed by atoms with Crippen molar-refractivity contribution in [2.24, 2.45) is 0 Å². The van der Waals surface area contributed by atoms with E-state index in [1.807, 2.05) is 6.92 Å². The SMILES string of the molecule is CCOc1ccc(NS(=O)(=O)c2ccc(C(=O)NC(C)c3ccc(F)c(F)c3)cc2)cc1. The van der Waals surface area contributed by atoms with E-state index < -0.39 is 33.6 Å². The van der Waals surface area contributed by atoms with Crippen molar-refractivity contribution in [2.75, 3.05) is 11.3 Å². The summed E-state index contributed by atoms with van der Waals surface area (Å²) in [6.45, 7) is 3.98. The van der Waals surface area contributed by atoms with Gasteiger partial charge in [0.05, 0.1) is 17.5 Å². The molecule has 0 radical (unpaired) electrons. The molecule has 3 aromatic rings. The van der Waals surface area contributed by atoms with Crippen molar-refractivity contribution in [3.8, 4) is 5.75 Å². The van der Waals surface area contributed by atoms with Gasteiger partial charge in [0, 0.05) is 11.3 Å². The smallest absolute Gasteiger partial charge is 0.261 e. The molecule has 9 heteroatoms. The van der Waals surface area contributed by atoms with Crippen LogP contribution in [0.3, 0.4) is 0 Å². The average molecular weight is 461 g/mol. The summed E-state index contributed by atoms with van der Waals surface area (Å²) in [4.78, 5) is 12.4. The molecule has 32 heavy (non-hydrogen) atoms. The molecule has 0 spiro atoms. The van der Waals surface area contributed by atoms with Crippen molar-refractivity contribution in [2.45, 2.75) is 24.8 Å². The Labute approximate surface area is 185 Å². The molecular formula is C23H22F2N2O4S. The monoisotopic (exact) mass is 460 g/mol. The molecule has 0 bridgehead atoms. The lowest BCUT2D eigenvalue weighted by Gasteiger charge is -2.15. The molecular weight excluding hydrogens is 438 g/mol. The van der Waals surface area contributed by atoms with E-state index in [1.165, 1.54) is 30.3 Å². The highest BCUT2D eigenvalue weighted by Gasteiger charge is 2.17. The number of sulfonamides is 1. The van der Waals surface area contributed by atoms with Gasteiger partial charge in [0.25, 0.3) is 15.9 Å². The zero-order valence-electron chi connectivity index (χ0n) is 17.4. The number of hydrogen-bond donors (Lipinski definition) is 2. The van der Waals surface area contributed by atoms with Crippen molar-refractivity contribution in [3.63, 3.8) is 0 Å².